The lowest BCUT2D eigenvalue weighted by molar-refractivity contribution is -0.137. The van der Waals surface area contributed by atoms with Crippen LogP contribution in [0.1, 0.15) is 24.2 Å². The predicted octanol–water partition coefficient (Wildman–Crippen LogP) is 5.66. The third-order valence-corrected chi connectivity index (χ3v) is 8.42. The van der Waals surface area contributed by atoms with Crippen LogP contribution in [0, 0.1) is 12.8 Å². The highest BCUT2D eigenvalue weighted by atomic mass is 79.9. The third-order valence-electron chi connectivity index (χ3n) is 7.89. The lowest BCUT2D eigenvalue weighted by Crippen LogP contribution is -2.52. The molecule has 0 N–H and O–H groups in total. The van der Waals surface area contributed by atoms with Crippen LogP contribution < -0.4 is 4.90 Å². The number of anilines is 1. The number of fused-ring (bicyclic) bond motifs is 1. The minimum absolute atomic E-state index is 0.0554. The first-order valence-corrected chi connectivity index (χ1v) is 14.4. The van der Waals surface area contributed by atoms with E-state index >= 15 is 0 Å². The van der Waals surface area contributed by atoms with Gasteiger partial charge in [0, 0.05) is 48.6 Å². The molecule has 196 valence electrons. The molecule has 0 aliphatic carbocycles. The van der Waals surface area contributed by atoms with Crippen LogP contribution in [0.5, 0.6) is 0 Å². The first kappa shape index (κ1) is 25.1. The average Bonchev–Trinajstić information content (AvgIpc) is 3.31. The smallest absolute Gasteiger partial charge is 0.227 e. The number of nitrogens with zero attached hydrogens (tertiary/aromatic N) is 5. The summed E-state index contributed by atoms with van der Waals surface area (Å²) in [6, 6.07) is 25.4. The Hall–Kier alpha value is -3.16. The molecule has 0 bridgehead atoms. The number of piperidine rings is 1. The van der Waals surface area contributed by atoms with Gasteiger partial charge in [-0.3, -0.25) is 14.3 Å². The van der Waals surface area contributed by atoms with E-state index in [0.29, 0.717) is 5.91 Å². The van der Waals surface area contributed by atoms with Gasteiger partial charge < -0.3 is 9.80 Å². The first-order valence-electron chi connectivity index (χ1n) is 13.6. The number of rotatable bonds is 5. The van der Waals surface area contributed by atoms with Crippen molar-refractivity contribution in [2.24, 2.45) is 5.92 Å². The standard InChI is InChI=1S/C31H34BrN5O/c1-23-6-4-8-27(20-23)35-16-18-36(19-17-35)31(38)24-7-5-15-34(21-24)22-30-33-28-9-2-3-10-29(28)37(30)26-13-11-25(32)12-14-26/h2-4,6,8-14,20,24H,5,7,15-19,21-22H2,1H3/t24-/m0/s1. The molecule has 2 fully saturated rings. The van der Waals surface area contributed by atoms with Crippen LogP contribution >= 0.6 is 15.9 Å². The topological polar surface area (TPSA) is 44.6 Å². The molecular weight excluding hydrogens is 538 g/mol. The molecule has 6 rings (SSSR count). The van der Waals surface area contributed by atoms with Gasteiger partial charge in [0.1, 0.15) is 5.82 Å². The van der Waals surface area contributed by atoms with E-state index in [0.717, 1.165) is 85.7 Å². The molecule has 2 aliphatic rings. The summed E-state index contributed by atoms with van der Waals surface area (Å²) in [5.41, 5.74) is 5.75. The zero-order valence-corrected chi connectivity index (χ0v) is 23.5. The van der Waals surface area contributed by atoms with E-state index in [4.69, 9.17) is 4.98 Å². The van der Waals surface area contributed by atoms with Crippen molar-refractivity contribution in [2.45, 2.75) is 26.3 Å². The van der Waals surface area contributed by atoms with E-state index in [-0.39, 0.29) is 5.92 Å². The largest absolute Gasteiger partial charge is 0.368 e. The van der Waals surface area contributed by atoms with Crippen molar-refractivity contribution in [3.05, 3.63) is 88.7 Å². The maximum absolute atomic E-state index is 13.6. The Balaban J connectivity index is 1.14. The Morgan fingerprint density at radius 3 is 2.50 bits per heavy atom. The van der Waals surface area contributed by atoms with Gasteiger partial charge in [-0.2, -0.15) is 0 Å². The molecule has 0 spiro atoms. The zero-order chi connectivity index (χ0) is 26.1. The summed E-state index contributed by atoms with van der Waals surface area (Å²) in [6.07, 6.45) is 2.01. The van der Waals surface area contributed by atoms with Gasteiger partial charge in [0.05, 0.1) is 23.5 Å². The number of piperazine rings is 1. The minimum Gasteiger partial charge on any atom is -0.368 e. The molecule has 1 atom stereocenters. The van der Waals surface area contributed by atoms with Crippen molar-refractivity contribution in [1.82, 2.24) is 19.4 Å². The number of para-hydroxylation sites is 2. The predicted molar refractivity (Wildman–Crippen MR) is 157 cm³/mol. The molecule has 4 aromatic rings. The van der Waals surface area contributed by atoms with Gasteiger partial charge in [-0.1, -0.05) is 40.2 Å². The molecule has 0 radical (unpaired) electrons. The monoisotopic (exact) mass is 571 g/mol. The lowest BCUT2D eigenvalue weighted by atomic mass is 9.96. The number of halogens is 1. The van der Waals surface area contributed by atoms with Gasteiger partial charge in [0.25, 0.3) is 0 Å². The van der Waals surface area contributed by atoms with E-state index in [1.54, 1.807) is 0 Å². The van der Waals surface area contributed by atoms with Gasteiger partial charge >= 0.3 is 0 Å². The van der Waals surface area contributed by atoms with E-state index < -0.39 is 0 Å². The van der Waals surface area contributed by atoms with Gasteiger partial charge in [-0.15, -0.1) is 0 Å². The highest BCUT2D eigenvalue weighted by molar-refractivity contribution is 9.10. The van der Waals surface area contributed by atoms with Crippen molar-refractivity contribution in [3.63, 3.8) is 0 Å². The summed E-state index contributed by atoms with van der Waals surface area (Å²) in [6.45, 7) is 8.02. The molecule has 6 nitrogen and oxygen atoms in total. The molecule has 3 heterocycles. The first-order chi connectivity index (χ1) is 18.5. The Morgan fingerprint density at radius 1 is 0.921 bits per heavy atom. The normalized spacial score (nSPS) is 18.7. The summed E-state index contributed by atoms with van der Waals surface area (Å²) in [5.74, 6) is 1.40. The number of aryl methyl sites for hydroxylation is 1. The van der Waals surface area contributed by atoms with Crippen molar-refractivity contribution in [1.29, 1.82) is 0 Å². The Kier molecular flexibility index (Phi) is 7.22. The fourth-order valence-corrected chi connectivity index (χ4v) is 6.19. The molecule has 0 unspecified atom stereocenters. The Bertz CT molecular complexity index is 1420. The van der Waals surface area contributed by atoms with Gasteiger partial charge in [0.2, 0.25) is 5.91 Å². The highest BCUT2D eigenvalue weighted by Gasteiger charge is 2.31. The summed E-state index contributed by atoms with van der Waals surface area (Å²) in [5, 5.41) is 0. The number of benzene rings is 3. The number of carbonyl (C=O) groups excluding carboxylic acids is 1. The van der Waals surface area contributed by atoms with Crippen molar-refractivity contribution >= 4 is 38.6 Å². The highest BCUT2D eigenvalue weighted by Crippen LogP contribution is 2.27. The van der Waals surface area contributed by atoms with Crippen LogP contribution in [0.3, 0.4) is 0 Å². The molecule has 38 heavy (non-hydrogen) atoms. The lowest BCUT2D eigenvalue weighted by Gasteiger charge is -2.39. The average molecular weight is 573 g/mol. The summed E-state index contributed by atoms with van der Waals surface area (Å²) < 4.78 is 3.32. The summed E-state index contributed by atoms with van der Waals surface area (Å²) in [4.78, 5) is 25.5. The number of carbonyl (C=O) groups is 1. The maximum Gasteiger partial charge on any atom is 0.227 e. The van der Waals surface area contributed by atoms with Crippen molar-refractivity contribution < 1.29 is 4.79 Å². The van der Waals surface area contributed by atoms with Crippen LogP contribution in [-0.4, -0.2) is 64.5 Å². The second-order valence-electron chi connectivity index (χ2n) is 10.6. The second-order valence-corrected chi connectivity index (χ2v) is 11.5. The van der Waals surface area contributed by atoms with E-state index in [2.05, 4.69) is 109 Å². The number of amides is 1. The van der Waals surface area contributed by atoms with Gasteiger partial charge in [-0.25, -0.2) is 4.98 Å². The van der Waals surface area contributed by atoms with Crippen LogP contribution in [0.15, 0.2) is 77.3 Å². The molecule has 2 saturated heterocycles. The quantitative estimate of drug-likeness (QED) is 0.310. The zero-order valence-electron chi connectivity index (χ0n) is 21.9. The molecule has 7 heteroatoms. The van der Waals surface area contributed by atoms with Gasteiger partial charge in [-0.05, 0) is 80.4 Å². The summed E-state index contributed by atoms with van der Waals surface area (Å²) >= 11 is 3.56. The molecule has 2 aliphatic heterocycles. The molecular formula is C31H34BrN5O. The van der Waals surface area contributed by atoms with E-state index in [1.165, 1.54) is 11.3 Å². The summed E-state index contributed by atoms with van der Waals surface area (Å²) in [7, 11) is 0. The van der Waals surface area contributed by atoms with E-state index in [1.807, 2.05) is 6.07 Å². The molecule has 0 saturated carbocycles. The van der Waals surface area contributed by atoms with Gasteiger partial charge in [0.15, 0.2) is 0 Å². The Morgan fingerprint density at radius 2 is 1.71 bits per heavy atom. The van der Waals surface area contributed by atoms with E-state index in [9.17, 15) is 4.79 Å². The number of hydrogen-bond donors (Lipinski definition) is 0. The van der Waals surface area contributed by atoms with Crippen molar-refractivity contribution in [3.8, 4) is 5.69 Å². The van der Waals surface area contributed by atoms with Crippen LogP contribution in [0.4, 0.5) is 5.69 Å². The van der Waals surface area contributed by atoms with Crippen LogP contribution in [0.25, 0.3) is 16.7 Å². The third kappa shape index (κ3) is 5.22. The SMILES string of the molecule is Cc1cccc(N2CCN(C(=O)[C@H]3CCCN(Cc4nc5ccccc5n4-c4ccc(Br)cc4)C3)CC2)c1. The molecule has 3 aromatic carbocycles. The number of hydrogen-bond acceptors (Lipinski definition) is 4. The Labute approximate surface area is 233 Å². The second kappa shape index (κ2) is 10.9. The minimum atomic E-state index is 0.0554. The number of imidazole rings is 1. The molecule has 1 aromatic heterocycles. The number of likely N-dealkylation sites (tertiary alicyclic amines) is 1. The number of aromatic nitrogens is 2. The maximum atomic E-state index is 13.6. The van der Waals surface area contributed by atoms with Crippen molar-refractivity contribution in [2.75, 3.05) is 44.2 Å². The molecule has 1 amide bonds. The van der Waals surface area contributed by atoms with Crippen LogP contribution in [-0.2, 0) is 11.3 Å². The van der Waals surface area contributed by atoms with Crippen LogP contribution in [0.2, 0.25) is 0 Å². The fourth-order valence-electron chi connectivity index (χ4n) is 5.93. The fraction of sp³-hybridized carbons (Fsp3) is 0.355.